The number of carbonyl (C=O) groups is 2. The highest BCUT2D eigenvalue weighted by Crippen LogP contribution is 2.14. The zero-order valence-electron chi connectivity index (χ0n) is 16.1. The fraction of sp³-hybridized carbons (Fsp3) is 0.333. The maximum atomic E-state index is 12.2. The maximum absolute atomic E-state index is 12.2. The van der Waals surface area contributed by atoms with E-state index >= 15 is 0 Å². The first kappa shape index (κ1) is 19.5. The number of aryl methyl sites for hydroxylation is 2. The highest BCUT2D eigenvalue weighted by atomic mass is 16.2. The van der Waals surface area contributed by atoms with E-state index in [0.717, 1.165) is 22.5 Å². The van der Waals surface area contributed by atoms with Crippen LogP contribution in [-0.4, -0.2) is 23.9 Å². The fourth-order valence-electron chi connectivity index (χ4n) is 2.62. The van der Waals surface area contributed by atoms with Gasteiger partial charge in [0.05, 0.1) is 6.54 Å². The first-order valence-electron chi connectivity index (χ1n) is 8.67. The van der Waals surface area contributed by atoms with Gasteiger partial charge in [-0.3, -0.25) is 9.59 Å². The molecule has 0 aliphatic carbocycles. The number of hydrogen-bond donors (Lipinski definition) is 3. The summed E-state index contributed by atoms with van der Waals surface area (Å²) in [5.41, 5.74) is 3.97. The molecule has 0 radical (unpaired) electrons. The Morgan fingerprint density at radius 2 is 1.58 bits per heavy atom. The van der Waals surface area contributed by atoms with Crippen LogP contribution in [0.1, 0.15) is 42.3 Å². The minimum absolute atomic E-state index is 0.122. The van der Waals surface area contributed by atoms with Crippen molar-refractivity contribution in [1.29, 1.82) is 0 Å². The van der Waals surface area contributed by atoms with Crippen molar-refractivity contribution in [2.75, 3.05) is 17.2 Å². The van der Waals surface area contributed by atoms with Gasteiger partial charge in [-0.05, 0) is 76.1 Å². The predicted molar refractivity (Wildman–Crippen MR) is 107 cm³/mol. The Labute approximate surface area is 155 Å². The minimum Gasteiger partial charge on any atom is -0.376 e. The minimum atomic E-state index is -0.299. The van der Waals surface area contributed by atoms with E-state index in [-0.39, 0.29) is 23.9 Å². The van der Waals surface area contributed by atoms with Crippen LogP contribution in [0.4, 0.5) is 11.4 Å². The molecular weight excluding hydrogens is 326 g/mol. The number of anilines is 2. The summed E-state index contributed by atoms with van der Waals surface area (Å²) in [6.07, 6.45) is 0. The van der Waals surface area contributed by atoms with E-state index in [1.165, 1.54) is 0 Å². The van der Waals surface area contributed by atoms with Crippen LogP contribution in [-0.2, 0) is 4.79 Å². The molecule has 0 spiro atoms. The van der Waals surface area contributed by atoms with Crippen LogP contribution >= 0.6 is 0 Å². The molecule has 0 unspecified atom stereocenters. The van der Waals surface area contributed by atoms with Gasteiger partial charge < -0.3 is 16.0 Å². The summed E-state index contributed by atoms with van der Waals surface area (Å²) in [6.45, 7) is 9.92. The molecule has 138 valence electrons. The number of carbonyl (C=O) groups excluding carboxylic acids is 2. The Bertz CT molecular complexity index is 787. The predicted octanol–water partition coefficient (Wildman–Crippen LogP) is 3.88. The lowest BCUT2D eigenvalue weighted by Gasteiger charge is -2.20. The first-order chi connectivity index (χ1) is 12.1. The summed E-state index contributed by atoms with van der Waals surface area (Å²) in [7, 11) is 0. The van der Waals surface area contributed by atoms with Gasteiger partial charge in [-0.25, -0.2) is 0 Å². The quantitative estimate of drug-likeness (QED) is 0.764. The molecule has 0 bridgehead atoms. The molecule has 0 saturated heterocycles. The maximum Gasteiger partial charge on any atom is 0.251 e. The molecule has 3 N–H and O–H groups in total. The Kier molecular flexibility index (Phi) is 6.03. The average Bonchev–Trinajstić information content (AvgIpc) is 2.50. The second kappa shape index (κ2) is 8.04. The summed E-state index contributed by atoms with van der Waals surface area (Å²) < 4.78 is 0. The van der Waals surface area contributed by atoms with E-state index in [4.69, 9.17) is 0 Å². The number of benzene rings is 2. The summed E-state index contributed by atoms with van der Waals surface area (Å²) in [4.78, 5) is 24.4. The van der Waals surface area contributed by atoms with Gasteiger partial charge in [0.2, 0.25) is 5.91 Å². The topological polar surface area (TPSA) is 70.2 Å². The number of rotatable bonds is 5. The molecule has 0 aliphatic rings. The van der Waals surface area contributed by atoms with Gasteiger partial charge in [-0.15, -0.1) is 0 Å². The van der Waals surface area contributed by atoms with Crippen LogP contribution in [0.5, 0.6) is 0 Å². The van der Waals surface area contributed by atoms with Crippen LogP contribution in [0.3, 0.4) is 0 Å². The molecule has 0 atom stereocenters. The van der Waals surface area contributed by atoms with E-state index < -0.39 is 0 Å². The Hall–Kier alpha value is -2.82. The van der Waals surface area contributed by atoms with Crippen molar-refractivity contribution >= 4 is 23.2 Å². The first-order valence-corrected chi connectivity index (χ1v) is 8.67. The molecule has 2 rings (SSSR count). The van der Waals surface area contributed by atoms with Gasteiger partial charge in [0, 0.05) is 22.5 Å². The van der Waals surface area contributed by atoms with Crippen LogP contribution in [0.2, 0.25) is 0 Å². The number of hydrogen-bond acceptors (Lipinski definition) is 3. The third kappa shape index (κ3) is 6.24. The molecule has 5 nitrogen and oxygen atoms in total. The van der Waals surface area contributed by atoms with Crippen LogP contribution in [0, 0.1) is 13.8 Å². The zero-order valence-corrected chi connectivity index (χ0v) is 16.1. The van der Waals surface area contributed by atoms with Crippen LogP contribution in [0.25, 0.3) is 0 Å². The Morgan fingerprint density at radius 3 is 2.19 bits per heavy atom. The van der Waals surface area contributed by atoms with E-state index in [1.807, 2.05) is 52.8 Å². The molecule has 0 aromatic heterocycles. The average molecular weight is 353 g/mol. The molecule has 0 aliphatic heterocycles. The lowest BCUT2D eigenvalue weighted by Crippen LogP contribution is -2.40. The van der Waals surface area contributed by atoms with Gasteiger partial charge >= 0.3 is 0 Å². The van der Waals surface area contributed by atoms with Crippen molar-refractivity contribution in [3.63, 3.8) is 0 Å². The highest BCUT2D eigenvalue weighted by Gasteiger charge is 2.15. The summed E-state index contributed by atoms with van der Waals surface area (Å²) in [5.74, 6) is -0.277. The normalized spacial score (nSPS) is 11.0. The monoisotopic (exact) mass is 353 g/mol. The molecule has 0 saturated carbocycles. The molecule has 2 aromatic rings. The van der Waals surface area contributed by atoms with Gasteiger partial charge in [-0.2, -0.15) is 0 Å². The largest absolute Gasteiger partial charge is 0.376 e. The van der Waals surface area contributed by atoms with Gasteiger partial charge in [-0.1, -0.05) is 12.1 Å². The van der Waals surface area contributed by atoms with Crippen molar-refractivity contribution < 1.29 is 9.59 Å². The molecule has 2 amide bonds. The Morgan fingerprint density at radius 1 is 0.923 bits per heavy atom. The van der Waals surface area contributed by atoms with E-state index in [2.05, 4.69) is 22.0 Å². The highest BCUT2D eigenvalue weighted by molar-refractivity contribution is 5.96. The lowest BCUT2D eigenvalue weighted by atomic mass is 10.1. The molecule has 26 heavy (non-hydrogen) atoms. The van der Waals surface area contributed by atoms with Crippen molar-refractivity contribution in [3.8, 4) is 0 Å². The van der Waals surface area contributed by atoms with Crippen LogP contribution < -0.4 is 16.0 Å². The molecule has 0 heterocycles. The van der Waals surface area contributed by atoms with Crippen molar-refractivity contribution in [2.45, 2.75) is 40.2 Å². The van der Waals surface area contributed by atoms with Crippen molar-refractivity contribution in [3.05, 3.63) is 59.2 Å². The smallest absolute Gasteiger partial charge is 0.251 e. The van der Waals surface area contributed by atoms with Gasteiger partial charge in [0.1, 0.15) is 0 Å². The molecular formula is C21H27N3O2. The number of amides is 2. The molecule has 0 fully saturated rings. The van der Waals surface area contributed by atoms with Gasteiger partial charge in [0.25, 0.3) is 5.91 Å². The summed E-state index contributed by atoms with van der Waals surface area (Å²) >= 11 is 0. The molecule has 2 aromatic carbocycles. The second-order valence-corrected chi connectivity index (χ2v) is 7.56. The Balaban J connectivity index is 1.95. The lowest BCUT2D eigenvalue weighted by molar-refractivity contribution is -0.114. The fourth-order valence-corrected chi connectivity index (χ4v) is 2.62. The van der Waals surface area contributed by atoms with Gasteiger partial charge in [0.15, 0.2) is 0 Å². The third-order valence-electron chi connectivity index (χ3n) is 3.57. The van der Waals surface area contributed by atoms with Crippen LogP contribution in [0.15, 0.2) is 42.5 Å². The summed E-state index contributed by atoms with van der Waals surface area (Å²) in [6, 6.07) is 13.0. The second-order valence-electron chi connectivity index (χ2n) is 7.56. The van der Waals surface area contributed by atoms with E-state index in [0.29, 0.717) is 5.56 Å². The summed E-state index contributed by atoms with van der Waals surface area (Å²) in [5, 5.41) is 8.87. The zero-order chi connectivity index (χ0) is 19.3. The van der Waals surface area contributed by atoms with Crippen molar-refractivity contribution in [1.82, 2.24) is 5.32 Å². The van der Waals surface area contributed by atoms with E-state index in [9.17, 15) is 9.59 Å². The molecule has 5 heteroatoms. The third-order valence-corrected chi connectivity index (χ3v) is 3.57. The SMILES string of the molecule is Cc1cc(C)cc(NC(=O)CNc2cccc(C(=O)NC(C)(C)C)c2)c1. The van der Waals surface area contributed by atoms with E-state index in [1.54, 1.807) is 18.2 Å². The standard InChI is InChI=1S/C21H27N3O2/c1-14-9-15(2)11-18(10-14)23-19(25)13-22-17-8-6-7-16(12-17)20(26)24-21(3,4)5/h6-12,22H,13H2,1-5H3,(H,23,25)(H,24,26). The number of nitrogens with one attached hydrogen (secondary N) is 3. The van der Waals surface area contributed by atoms with Crippen molar-refractivity contribution in [2.24, 2.45) is 0 Å².